The SMILES string of the molecule is CN/C([S-])=N/N=C(/C(=N/N=C(\[S-])NC)c1c(F)c(F)c(F)c(F)c1F)c1ccccc1.[Cu+2]. The van der Waals surface area contributed by atoms with Crippen molar-refractivity contribution in [2.45, 2.75) is 0 Å². The van der Waals surface area contributed by atoms with Crippen molar-refractivity contribution in [3.05, 3.63) is 70.5 Å². The largest absolute Gasteiger partial charge is 2.00 e. The van der Waals surface area contributed by atoms with Crippen LogP contribution in [-0.2, 0) is 42.3 Å². The van der Waals surface area contributed by atoms with E-state index in [0.29, 0.717) is 0 Å². The smallest absolute Gasteiger partial charge is 0.741 e. The minimum Gasteiger partial charge on any atom is -0.741 e. The fourth-order valence-electron chi connectivity index (χ4n) is 2.16. The number of hydrogen-bond acceptors (Lipinski definition) is 6. The van der Waals surface area contributed by atoms with Crippen LogP contribution in [0.15, 0.2) is 50.7 Å². The van der Waals surface area contributed by atoms with Gasteiger partial charge in [-0.05, 0) is 10.3 Å². The normalized spacial score (nSPS) is 13.0. The Bertz CT molecular complexity index is 1060. The van der Waals surface area contributed by atoms with Crippen LogP contribution in [-0.4, -0.2) is 35.9 Å². The molecule has 2 rings (SSSR count). The van der Waals surface area contributed by atoms with E-state index in [1.807, 2.05) is 0 Å². The Kier molecular flexibility index (Phi) is 10.6. The van der Waals surface area contributed by atoms with Crippen LogP contribution in [0.1, 0.15) is 11.1 Å². The Morgan fingerprint density at radius 1 is 0.656 bits per heavy atom. The average Bonchev–Trinajstić information content (AvgIpc) is 2.79. The first-order valence-corrected chi connectivity index (χ1v) is 9.12. The molecule has 0 saturated carbocycles. The molecule has 173 valence electrons. The minimum absolute atomic E-state index is 0. The molecule has 0 aliphatic heterocycles. The van der Waals surface area contributed by atoms with Gasteiger partial charge in [-0.25, -0.2) is 22.0 Å². The standard InChI is InChI=1S/C18H15F5N6S2.Cu/c1-24-17(30)28-26-15(8-6-4-3-5-7-8)16(27-29-18(31)25-2)9-10(19)12(21)14(23)13(22)11(9)20;/h3-7H,1-2H3,(H2,24,28,30)(H2,25,29,31);/q;+2/p-2/b26-15+,27-16+;. The zero-order chi connectivity index (χ0) is 23.1. The Balaban J connectivity index is 0.00000512. The van der Waals surface area contributed by atoms with Crippen LogP contribution in [0.4, 0.5) is 22.0 Å². The average molecular weight is 536 g/mol. The molecule has 0 bridgehead atoms. The molecule has 0 atom stereocenters. The Morgan fingerprint density at radius 2 is 1.06 bits per heavy atom. The predicted molar refractivity (Wildman–Crippen MR) is 113 cm³/mol. The molecular weight excluding hydrogens is 523 g/mol. The fourth-order valence-corrected chi connectivity index (χ4v) is 2.24. The van der Waals surface area contributed by atoms with Gasteiger partial charge in [0.25, 0.3) is 0 Å². The van der Waals surface area contributed by atoms with Crippen LogP contribution >= 0.6 is 0 Å². The van der Waals surface area contributed by atoms with E-state index in [1.54, 1.807) is 18.2 Å². The van der Waals surface area contributed by atoms with Crippen molar-refractivity contribution in [1.82, 2.24) is 10.6 Å². The van der Waals surface area contributed by atoms with Crippen LogP contribution in [0.2, 0.25) is 0 Å². The number of halogens is 5. The second-order valence-electron chi connectivity index (χ2n) is 5.52. The quantitative estimate of drug-likeness (QED) is 0.0902. The van der Waals surface area contributed by atoms with Crippen LogP contribution < -0.4 is 10.6 Å². The molecule has 0 heterocycles. The first kappa shape index (κ1) is 27.4. The third-order valence-corrected chi connectivity index (χ3v) is 4.20. The first-order valence-electron chi connectivity index (χ1n) is 8.31. The van der Waals surface area contributed by atoms with Crippen molar-refractivity contribution in [2.75, 3.05) is 14.1 Å². The van der Waals surface area contributed by atoms with Crippen LogP contribution in [0.25, 0.3) is 0 Å². The molecule has 0 spiro atoms. The van der Waals surface area contributed by atoms with Crippen molar-refractivity contribution in [2.24, 2.45) is 20.4 Å². The summed E-state index contributed by atoms with van der Waals surface area (Å²) in [6.45, 7) is 0. The maximum Gasteiger partial charge on any atom is 2.00 e. The number of rotatable bonds is 5. The summed E-state index contributed by atoms with van der Waals surface area (Å²) in [5.41, 5.74) is -2.35. The molecule has 0 unspecified atom stereocenters. The van der Waals surface area contributed by atoms with Crippen molar-refractivity contribution in [3.63, 3.8) is 0 Å². The van der Waals surface area contributed by atoms with Gasteiger partial charge in [0, 0.05) is 19.7 Å². The van der Waals surface area contributed by atoms with Crippen LogP contribution in [0.5, 0.6) is 0 Å². The predicted octanol–water partition coefficient (Wildman–Crippen LogP) is 2.73. The molecule has 0 aliphatic rings. The Labute approximate surface area is 201 Å². The second kappa shape index (κ2) is 12.4. The summed E-state index contributed by atoms with van der Waals surface area (Å²) in [6.07, 6.45) is 0. The van der Waals surface area contributed by atoms with Crippen LogP contribution in [0.3, 0.4) is 0 Å². The molecule has 6 nitrogen and oxygen atoms in total. The molecule has 2 aromatic carbocycles. The maximum atomic E-state index is 14.6. The number of nitrogens with zero attached hydrogens (tertiary/aromatic N) is 4. The molecule has 2 aromatic rings. The topological polar surface area (TPSA) is 73.5 Å². The molecule has 2 N–H and O–H groups in total. The van der Waals surface area contributed by atoms with Gasteiger partial charge in [-0.3, -0.25) is 0 Å². The van der Waals surface area contributed by atoms with Crippen molar-refractivity contribution < 1.29 is 39.0 Å². The summed E-state index contributed by atoms with van der Waals surface area (Å²) in [6, 6.07) is 7.63. The summed E-state index contributed by atoms with van der Waals surface area (Å²) in [5, 5.41) is 19.3. The van der Waals surface area contributed by atoms with Gasteiger partial charge in [0.1, 0.15) is 11.4 Å². The van der Waals surface area contributed by atoms with Crippen molar-refractivity contribution in [3.8, 4) is 0 Å². The molecule has 0 aliphatic carbocycles. The second-order valence-corrected chi connectivity index (χ2v) is 6.29. The third-order valence-electron chi connectivity index (χ3n) is 3.63. The zero-order valence-corrected chi connectivity index (χ0v) is 18.8. The molecule has 0 fully saturated rings. The van der Waals surface area contributed by atoms with E-state index < -0.39 is 40.4 Å². The number of amidine groups is 2. The van der Waals surface area contributed by atoms with E-state index in [-0.39, 0.29) is 38.7 Å². The summed E-state index contributed by atoms with van der Waals surface area (Å²) in [7, 11) is 2.84. The summed E-state index contributed by atoms with van der Waals surface area (Å²) >= 11 is 9.68. The van der Waals surface area contributed by atoms with Crippen molar-refractivity contribution in [1.29, 1.82) is 0 Å². The Morgan fingerprint density at radius 3 is 1.50 bits per heavy atom. The van der Waals surface area contributed by atoms with Crippen LogP contribution in [0, 0.1) is 29.1 Å². The van der Waals surface area contributed by atoms with Gasteiger partial charge in [0.05, 0.1) is 5.56 Å². The summed E-state index contributed by atoms with van der Waals surface area (Å²) in [4.78, 5) is 0. The molecule has 32 heavy (non-hydrogen) atoms. The fraction of sp³-hybridized carbons (Fsp3) is 0.111. The maximum absolute atomic E-state index is 14.6. The first-order chi connectivity index (χ1) is 14.7. The van der Waals surface area contributed by atoms with Crippen molar-refractivity contribution >= 4 is 47.0 Å². The molecular formula is C18H13CuF5N6S2. The Hall–Kier alpha value is -2.67. The van der Waals surface area contributed by atoms with E-state index in [0.717, 1.165) is 0 Å². The number of benzene rings is 2. The summed E-state index contributed by atoms with van der Waals surface area (Å²) < 4.78 is 70.5. The molecule has 0 saturated heterocycles. The van der Waals surface area contributed by atoms with Gasteiger partial charge in [-0.15, -0.1) is 10.2 Å². The van der Waals surface area contributed by atoms with E-state index in [9.17, 15) is 22.0 Å². The molecule has 0 amide bonds. The van der Waals surface area contributed by atoms with Gasteiger partial charge in [-0.2, -0.15) is 10.2 Å². The summed E-state index contributed by atoms with van der Waals surface area (Å²) in [5.74, 6) is -10.9. The number of hydrogen-bond donors (Lipinski definition) is 2. The van der Waals surface area contributed by atoms with Gasteiger partial charge in [0.15, 0.2) is 23.3 Å². The van der Waals surface area contributed by atoms with E-state index in [4.69, 9.17) is 25.3 Å². The zero-order valence-electron chi connectivity index (χ0n) is 16.2. The molecule has 0 aromatic heterocycles. The van der Waals surface area contributed by atoms with Gasteiger partial charge < -0.3 is 35.9 Å². The molecule has 1 radical (unpaired) electrons. The van der Waals surface area contributed by atoms with E-state index >= 15 is 0 Å². The van der Waals surface area contributed by atoms with Gasteiger partial charge in [0.2, 0.25) is 5.82 Å². The third kappa shape index (κ3) is 6.19. The van der Waals surface area contributed by atoms with E-state index in [1.165, 1.54) is 26.2 Å². The van der Waals surface area contributed by atoms with Gasteiger partial charge in [-0.1, -0.05) is 30.3 Å². The molecule has 14 heteroatoms. The monoisotopic (exact) mass is 535 g/mol. The van der Waals surface area contributed by atoms with E-state index in [2.05, 4.69) is 31.0 Å². The number of nitrogens with one attached hydrogen (secondary N) is 2. The van der Waals surface area contributed by atoms with Gasteiger partial charge >= 0.3 is 17.1 Å². The minimum atomic E-state index is -2.32.